The Labute approximate surface area is 165 Å². The lowest BCUT2D eigenvalue weighted by Crippen LogP contribution is -2.29. The number of aromatic nitrogens is 3. The molecule has 1 atom stereocenters. The van der Waals surface area contributed by atoms with E-state index in [9.17, 15) is 21.6 Å². The Morgan fingerprint density at radius 2 is 1.97 bits per heavy atom. The summed E-state index contributed by atoms with van der Waals surface area (Å²) >= 11 is 0. The SMILES string of the molecule is CCn1c([C@@H](C)NS(=O)(=O)c2ccc(NN)nc2)nc2ccc(C(F)(F)F)cc21. The van der Waals surface area contributed by atoms with E-state index < -0.39 is 27.8 Å². The highest BCUT2D eigenvalue weighted by Gasteiger charge is 2.31. The highest BCUT2D eigenvalue weighted by molar-refractivity contribution is 7.89. The van der Waals surface area contributed by atoms with Gasteiger partial charge in [0.2, 0.25) is 10.0 Å². The van der Waals surface area contributed by atoms with Gasteiger partial charge in [0.05, 0.1) is 22.6 Å². The molecule has 1 aromatic carbocycles. The van der Waals surface area contributed by atoms with Crippen molar-refractivity contribution in [2.24, 2.45) is 5.84 Å². The largest absolute Gasteiger partial charge is 0.416 e. The molecular weight excluding hydrogens is 409 g/mol. The van der Waals surface area contributed by atoms with E-state index in [1.165, 1.54) is 18.2 Å². The number of anilines is 1. The number of nitrogens with one attached hydrogen (secondary N) is 2. The summed E-state index contributed by atoms with van der Waals surface area (Å²) in [6, 6.07) is 5.17. The number of hydrazine groups is 1. The van der Waals surface area contributed by atoms with E-state index in [2.05, 4.69) is 20.1 Å². The van der Waals surface area contributed by atoms with Crippen molar-refractivity contribution in [3.63, 3.8) is 0 Å². The van der Waals surface area contributed by atoms with Crippen molar-refractivity contribution < 1.29 is 21.6 Å². The summed E-state index contributed by atoms with van der Waals surface area (Å²) in [5.41, 5.74) is 2.13. The van der Waals surface area contributed by atoms with Crippen molar-refractivity contribution in [2.75, 3.05) is 5.43 Å². The van der Waals surface area contributed by atoms with E-state index in [4.69, 9.17) is 5.84 Å². The predicted molar refractivity (Wildman–Crippen MR) is 101 cm³/mol. The predicted octanol–water partition coefficient (Wildman–Crippen LogP) is 2.80. The third-order valence-electron chi connectivity index (χ3n) is 4.34. The number of pyridine rings is 1. The Bertz CT molecular complexity index is 1130. The van der Waals surface area contributed by atoms with E-state index in [1.807, 2.05) is 0 Å². The van der Waals surface area contributed by atoms with Gasteiger partial charge >= 0.3 is 6.18 Å². The van der Waals surface area contributed by atoms with Gasteiger partial charge in [0.1, 0.15) is 16.5 Å². The molecule has 8 nitrogen and oxygen atoms in total. The first-order valence-electron chi connectivity index (χ1n) is 8.59. The number of sulfonamides is 1. The Balaban J connectivity index is 1.96. The first kappa shape index (κ1) is 21.0. The monoisotopic (exact) mass is 428 g/mol. The maximum Gasteiger partial charge on any atom is 0.416 e. The molecule has 0 unspecified atom stereocenters. The lowest BCUT2D eigenvalue weighted by Gasteiger charge is -2.16. The fourth-order valence-corrected chi connectivity index (χ4v) is 4.10. The average molecular weight is 428 g/mol. The van der Waals surface area contributed by atoms with Gasteiger partial charge in [0.25, 0.3) is 0 Å². The number of imidazole rings is 1. The molecule has 3 aromatic rings. The van der Waals surface area contributed by atoms with Gasteiger partial charge in [0.15, 0.2) is 0 Å². The van der Waals surface area contributed by atoms with E-state index >= 15 is 0 Å². The normalized spacial score (nSPS) is 13.6. The first-order valence-corrected chi connectivity index (χ1v) is 10.1. The Kier molecular flexibility index (Phi) is 5.52. The van der Waals surface area contributed by atoms with Gasteiger partial charge in [-0.2, -0.15) is 13.2 Å². The minimum Gasteiger partial charge on any atom is -0.327 e. The van der Waals surface area contributed by atoms with Gasteiger partial charge in [-0.05, 0) is 44.2 Å². The quantitative estimate of drug-likeness (QED) is 0.411. The molecule has 2 heterocycles. The molecule has 156 valence electrons. The smallest absolute Gasteiger partial charge is 0.327 e. The molecule has 0 bridgehead atoms. The highest BCUT2D eigenvalue weighted by Crippen LogP contribution is 2.32. The number of alkyl halides is 3. The van der Waals surface area contributed by atoms with Crippen molar-refractivity contribution in [1.82, 2.24) is 19.3 Å². The molecule has 2 aromatic heterocycles. The first-order chi connectivity index (χ1) is 13.6. The fourth-order valence-electron chi connectivity index (χ4n) is 2.96. The standard InChI is InChI=1S/C17H19F3N6O2S/c1-3-26-14-8-11(17(18,19)20)4-6-13(14)23-16(26)10(2)25-29(27,28)12-5-7-15(24-21)22-9-12/h4-10,25H,3,21H2,1-2H3,(H,22,24)/t10-/m1/s1. The Morgan fingerprint density at radius 1 is 1.24 bits per heavy atom. The second-order valence-corrected chi connectivity index (χ2v) is 8.00. The molecule has 3 rings (SSSR count). The summed E-state index contributed by atoms with van der Waals surface area (Å²) < 4.78 is 68.4. The lowest BCUT2D eigenvalue weighted by molar-refractivity contribution is -0.137. The van der Waals surface area contributed by atoms with Crippen LogP contribution in [0.3, 0.4) is 0 Å². The summed E-state index contributed by atoms with van der Waals surface area (Å²) in [5.74, 6) is 5.81. The number of hydrogen-bond acceptors (Lipinski definition) is 6. The van der Waals surface area contributed by atoms with Gasteiger partial charge in [-0.3, -0.25) is 0 Å². The number of fused-ring (bicyclic) bond motifs is 1. The fraction of sp³-hybridized carbons (Fsp3) is 0.294. The van der Waals surface area contributed by atoms with Gasteiger partial charge in [-0.15, -0.1) is 0 Å². The van der Waals surface area contributed by atoms with Crippen LogP contribution in [0.2, 0.25) is 0 Å². The van der Waals surface area contributed by atoms with Crippen LogP contribution in [-0.4, -0.2) is 23.0 Å². The van der Waals surface area contributed by atoms with Crippen molar-refractivity contribution >= 4 is 26.9 Å². The Morgan fingerprint density at radius 3 is 2.52 bits per heavy atom. The zero-order chi connectivity index (χ0) is 21.4. The second-order valence-electron chi connectivity index (χ2n) is 6.28. The summed E-state index contributed by atoms with van der Waals surface area (Å²) in [4.78, 5) is 8.12. The number of halogens is 3. The minimum absolute atomic E-state index is 0.0816. The number of nitrogen functional groups attached to an aromatic ring is 1. The summed E-state index contributed by atoms with van der Waals surface area (Å²) in [6.45, 7) is 3.63. The van der Waals surface area contributed by atoms with Crippen LogP contribution in [-0.2, 0) is 22.7 Å². The van der Waals surface area contributed by atoms with Gasteiger partial charge in [0, 0.05) is 12.7 Å². The van der Waals surface area contributed by atoms with Crippen LogP contribution in [0.15, 0.2) is 41.4 Å². The van der Waals surface area contributed by atoms with Gasteiger partial charge in [-0.25, -0.2) is 29.0 Å². The maximum absolute atomic E-state index is 13.0. The number of hydrogen-bond donors (Lipinski definition) is 3. The van der Waals surface area contributed by atoms with Crippen molar-refractivity contribution in [1.29, 1.82) is 0 Å². The molecule has 4 N–H and O–H groups in total. The molecule has 12 heteroatoms. The van der Waals surface area contributed by atoms with Crippen LogP contribution in [0, 0.1) is 0 Å². The number of nitrogens with two attached hydrogens (primary N) is 1. The minimum atomic E-state index is -4.48. The number of nitrogens with zero attached hydrogens (tertiary/aromatic N) is 3. The third kappa shape index (κ3) is 4.18. The molecule has 0 fully saturated rings. The summed E-state index contributed by atoms with van der Waals surface area (Å²) in [7, 11) is -3.94. The molecule has 0 aliphatic heterocycles. The van der Waals surface area contributed by atoms with Crippen molar-refractivity contribution in [2.45, 2.75) is 37.5 Å². The average Bonchev–Trinajstić information content (AvgIpc) is 3.05. The molecule has 0 spiro atoms. The topological polar surface area (TPSA) is 115 Å². The molecule has 29 heavy (non-hydrogen) atoms. The summed E-state index contributed by atoms with van der Waals surface area (Å²) in [6.07, 6.45) is -3.34. The summed E-state index contributed by atoms with van der Waals surface area (Å²) in [5, 5.41) is 0. The van der Waals surface area contributed by atoms with Gasteiger partial charge in [-0.1, -0.05) is 0 Å². The molecular formula is C17H19F3N6O2S. The Hall–Kier alpha value is -2.70. The van der Waals surface area contributed by atoms with E-state index in [0.29, 0.717) is 23.7 Å². The zero-order valence-corrected chi connectivity index (χ0v) is 16.3. The van der Waals surface area contributed by atoms with E-state index in [-0.39, 0.29) is 10.4 Å². The molecule has 0 aliphatic rings. The number of benzene rings is 1. The van der Waals surface area contributed by atoms with Crippen LogP contribution in [0.1, 0.15) is 31.3 Å². The van der Waals surface area contributed by atoms with Crippen molar-refractivity contribution in [3.05, 3.63) is 47.9 Å². The van der Waals surface area contributed by atoms with Crippen LogP contribution in [0.5, 0.6) is 0 Å². The number of aryl methyl sites for hydroxylation is 1. The van der Waals surface area contributed by atoms with Gasteiger partial charge < -0.3 is 9.99 Å². The highest BCUT2D eigenvalue weighted by atomic mass is 32.2. The molecule has 0 radical (unpaired) electrons. The van der Waals surface area contributed by atoms with Crippen LogP contribution in [0.4, 0.5) is 19.0 Å². The van der Waals surface area contributed by atoms with E-state index in [1.54, 1.807) is 18.4 Å². The number of rotatable bonds is 6. The molecule has 0 saturated heterocycles. The van der Waals surface area contributed by atoms with Crippen molar-refractivity contribution in [3.8, 4) is 0 Å². The van der Waals surface area contributed by atoms with Crippen LogP contribution in [0.25, 0.3) is 11.0 Å². The maximum atomic E-state index is 13.0. The molecule has 0 aliphatic carbocycles. The van der Waals surface area contributed by atoms with Crippen LogP contribution < -0.4 is 16.0 Å². The lowest BCUT2D eigenvalue weighted by atomic mass is 10.2. The zero-order valence-electron chi connectivity index (χ0n) is 15.5. The molecule has 0 amide bonds. The second kappa shape index (κ2) is 7.61. The molecule has 0 saturated carbocycles. The van der Waals surface area contributed by atoms with E-state index in [0.717, 1.165) is 18.3 Å². The third-order valence-corrected chi connectivity index (χ3v) is 5.86. The van der Waals surface area contributed by atoms with Crippen LogP contribution >= 0.6 is 0 Å².